The number of thioether (sulfide) groups is 1. The Balaban J connectivity index is 1.47. The van der Waals surface area contributed by atoms with Crippen molar-refractivity contribution in [1.82, 2.24) is 14.8 Å². The predicted octanol–water partition coefficient (Wildman–Crippen LogP) is 6.16. The smallest absolute Gasteiger partial charge is 0.341 e. The number of nitrogens with one attached hydrogen (secondary N) is 1. The molecule has 38 heavy (non-hydrogen) atoms. The lowest BCUT2D eigenvalue weighted by Crippen LogP contribution is -2.17. The zero-order valence-electron chi connectivity index (χ0n) is 21.3. The SMILES string of the molecule is C=CCn1c(SCC(=O)Nc2scc(-c3ccc(C)cc3)c2C(=O)OC)nnc1C(C)Oc1ccccc1. The molecule has 8 nitrogen and oxygen atoms in total. The van der Waals surface area contributed by atoms with Gasteiger partial charge in [0, 0.05) is 17.5 Å². The predicted molar refractivity (Wildman–Crippen MR) is 151 cm³/mol. The van der Waals surface area contributed by atoms with E-state index in [1.54, 1.807) is 6.08 Å². The number of methoxy groups -OCH3 is 1. The van der Waals surface area contributed by atoms with E-state index in [1.807, 2.05) is 78.4 Å². The Morgan fingerprint density at radius 1 is 1.16 bits per heavy atom. The Hall–Kier alpha value is -3.89. The molecule has 0 radical (unpaired) electrons. The summed E-state index contributed by atoms with van der Waals surface area (Å²) in [4.78, 5) is 25.5. The number of benzene rings is 2. The fourth-order valence-corrected chi connectivity index (χ4v) is 5.49. The molecular weight excluding hydrogens is 520 g/mol. The number of allylic oxidation sites excluding steroid dienone is 1. The topological polar surface area (TPSA) is 95.3 Å². The molecule has 0 aliphatic carbocycles. The first-order chi connectivity index (χ1) is 18.4. The van der Waals surface area contributed by atoms with Crippen molar-refractivity contribution in [3.05, 3.63) is 89.6 Å². The summed E-state index contributed by atoms with van der Waals surface area (Å²) >= 11 is 2.53. The van der Waals surface area contributed by atoms with E-state index in [1.165, 1.54) is 30.2 Å². The average Bonchev–Trinajstić information content (AvgIpc) is 3.52. The number of aryl methyl sites for hydroxylation is 1. The molecule has 1 unspecified atom stereocenters. The van der Waals surface area contributed by atoms with Crippen molar-refractivity contribution in [2.24, 2.45) is 0 Å². The van der Waals surface area contributed by atoms with E-state index in [-0.39, 0.29) is 17.8 Å². The minimum atomic E-state index is -0.507. The number of esters is 1. The molecule has 2 heterocycles. The van der Waals surface area contributed by atoms with Crippen LogP contribution in [0.5, 0.6) is 5.75 Å². The van der Waals surface area contributed by atoms with Crippen molar-refractivity contribution in [3.8, 4) is 16.9 Å². The van der Waals surface area contributed by atoms with Gasteiger partial charge in [-0.2, -0.15) is 0 Å². The van der Waals surface area contributed by atoms with Crippen molar-refractivity contribution in [3.63, 3.8) is 0 Å². The third-order valence-corrected chi connectivity index (χ3v) is 7.47. The molecule has 2 aromatic carbocycles. The van der Waals surface area contributed by atoms with E-state index < -0.39 is 5.97 Å². The van der Waals surface area contributed by atoms with Crippen molar-refractivity contribution < 1.29 is 19.1 Å². The normalized spacial score (nSPS) is 11.6. The van der Waals surface area contributed by atoms with Crippen molar-refractivity contribution >= 4 is 40.0 Å². The Kier molecular flexibility index (Phi) is 8.98. The molecule has 1 N–H and O–H groups in total. The van der Waals surface area contributed by atoms with Gasteiger partial charge in [0.2, 0.25) is 5.91 Å². The van der Waals surface area contributed by atoms with Crippen LogP contribution in [0.1, 0.15) is 34.8 Å². The van der Waals surface area contributed by atoms with Crippen LogP contribution in [0.2, 0.25) is 0 Å². The quantitative estimate of drug-likeness (QED) is 0.136. The van der Waals surface area contributed by atoms with Gasteiger partial charge in [-0.05, 0) is 31.5 Å². The summed E-state index contributed by atoms with van der Waals surface area (Å²) in [6, 6.07) is 17.3. The van der Waals surface area contributed by atoms with Crippen LogP contribution in [-0.4, -0.2) is 39.5 Å². The highest BCUT2D eigenvalue weighted by Crippen LogP contribution is 2.36. The number of carbonyl (C=O) groups excluding carboxylic acids is 2. The van der Waals surface area contributed by atoms with E-state index >= 15 is 0 Å². The van der Waals surface area contributed by atoms with Gasteiger partial charge in [-0.15, -0.1) is 28.1 Å². The number of nitrogens with zero attached hydrogens (tertiary/aromatic N) is 3. The first kappa shape index (κ1) is 27.2. The number of amides is 1. The molecule has 0 aliphatic heterocycles. The minimum Gasteiger partial charge on any atom is -0.483 e. The summed E-state index contributed by atoms with van der Waals surface area (Å²) in [5, 5.41) is 14.3. The second-order valence-electron chi connectivity index (χ2n) is 8.36. The summed E-state index contributed by atoms with van der Waals surface area (Å²) in [7, 11) is 1.33. The number of aromatic nitrogens is 3. The van der Waals surface area contributed by atoms with Gasteiger partial charge in [0.25, 0.3) is 0 Å². The van der Waals surface area contributed by atoms with Crippen LogP contribution in [0, 0.1) is 6.92 Å². The van der Waals surface area contributed by atoms with Gasteiger partial charge in [-0.25, -0.2) is 4.79 Å². The van der Waals surface area contributed by atoms with Crippen LogP contribution in [0.25, 0.3) is 11.1 Å². The van der Waals surface area contributed by atoms with Crippen LogP contribution in [-0.2, 0) is 16.1 Å². The van der Waals surface area contributed by atoms with Crippen molar-refractivity contribution in [2.45, 2.75) is 31.7 Å². The van der Waals surface area contributed by atoms with Crippen LogP contribution in [0.4, 0.5) is 5.00 Å². The Morgan fingerprint density at radius 3 is 2.58 bits per heavy atom. The first-order valence-corrected chi connectivity index (χ1v) is 13.7. The number of hydrogen-bond acceptors (Lipinski definition) is 8. The Bertz CT molecular complexity index is 1410. The molecule has 1 atom stereocenters. The molecule has 0 spiro atoms. The molecule has 0 fully saturated rings. The van der Waals surface area contributed by atoms with Crippen molar-refractivity contribution in [2.75, 3.05) is 18.2 Å². The van der Waals surface area contributed by atoms with Gasteiger partial charge >= 0.3 is 5.97 Å². The zero-order chi connectivity index (χ0) is 27.1. The standard InChI is InChI=1S/C28H28N4O4S2/c1-5-15-32-25(19(3)36-21-9-7-6-8-10-21)30-31-28(32)38-17-23(33)29-26-24(27(34)35-4)22(16-37-26)20-13-11-18(2)12-14-20/h5-14,16,19H,1,15,17H2,2-4H3,(H,29,33). The maximum Gasteiger partial charge on any atom is 0.341 e. The second-order valence-corrected chi connectivity index (χ2v) is 10.2. The largest absolute Gasteiger partial charge is 0.483 e. The molecule has 0 aliphatic rings. The fourth-order valence-electron chi connectivity index (χ4n) is 3.76. The molecule has 0 saturated carbocycles. The van der Waals surface area contributed by atoms with Gasteiger partial charge < -0.3 is 14.8 Å². The Labute approximate surface area is 229 Å². The van der Waals surface area contributed by atoms with Crippen LogP contribution in [0.15, 0.2) is 77.8 Å². The highest BCUT2D eigenvalue weighted by Gasteiger charge is 2.23. The minimum absolute atomic E-state index is 0.0710. The molecule has 2 aromatic heterocycles. The van der Waals surface area contributed by atoms with E-state index in [0.717, 1.165) is 16.9 Å². The molecule has 0 bridgehead atoms. The Morgan fingerprint density at radius 2 is 1.89 bits per heavy atom. The molecule has 0 saturated heterocycles. The van der Waals surface area contributed by atoms with Crippen LogP contribution >= 0.6 is 23.1 Å². The lowest BCUT2D eigenvalue weighted by atomic mass is 10.0. The highest BCUT2D eigenvalue weighted by atomic mass is 32.2. The summed E-state index contributed by atoms with van der Waals surface area (Å²) in [5.41, 5.74) is 3.04. The third-order valence-electron chi connectivity index (χ3n) is 5.61. The van der Waals surface area contributed by atoms with E-state index in [4.69, 9.17) is 9.47 Å². The lowest BCUT2D eigenvalue weighted by Gasteiger charge is -2.15. The van der Waals surface area contributed by atoms with Crippen molar-refractivity contribution in [1.29, 1.82) is 0 Å². The molecule has 4 aromatic rings. The second kappa shape index (κ2) is 12.6. The number of para-hydroxylation sites is 1. The zero-order valence-corrected chi connectivity index (χ0v) is 23.0. The number of ether oxygens (including phenoxy) is 2. The number of anilines is 1. The number of rotatable bonds is 11. The first-order valence-electron chi connectivity index (χ1n) is 11.9. The summed E-state index contributed by atoms with van der Waals surface area (Å²) < 4.78 is 12.9. The third kappa shape index (κ3) is 6.32. The summed E-state index contributed by atoms with van der Waals surface area (Å²) in [5.74, 6) is 0.643. The lowest BCUT2D eigenvalue weighted by molar-refractivity contribution is -0.113. The number of hydrogen-bond donors (Lipinski definition) is 1. The van der Waals surface area contributed by atoms with Gasteiger partial charge in [0.15, 0.2) is 17.1 Å². The molecule has 10 heteroatoms. The number of carbonyl (C=O) groups is 2. The molecule has 196 valence electrons. The van der Waals surface area contributed by atoms with Crippen LogP contribution < -0.4 is 10.1 Å². The molecule has 4 rings (SSSR count). The van der Waals surface area contributed by atoms with Gasteiger partial charge in [0.1, 0.15) is 16.3 Å². The maximum absolute atomic E-state index is 12.9. The maximum atomic E-state index is 12.9. The van der Waals surface area contributed by atoms with E-state index in [2.05, 4.69) is 22.1 Å². The average molecular weight is 549 g/mol. The molecule has 1 amide bonds. The summed E-state index contributed by atoms with van der Waals surface area (Å²) in [6.45, 7) is 8.19. The fraction of sp³-hybridized carbons (Fsp3) is 0.214. The van der Waals surface area contributed by atoms with Gasteiger partial charge in [0.05, 0.1) is 12.9 Å². The van der Waals surface area contributed by atoms with Crippen LogP contribution in [0.3, 0.4) is 0 Å². The van der Waals surface area contributed by atoms with E-state index in [0.29, 0.717) is 33.7 Å². The highest BCUT2D eigenvalue weighted by molar-refractivity contribution is 7.99. The van der Waals surface area contributed by atoms with E-state index in [9.17, 15) is 9.59 Å². The monoisotopic (exact) mass is 548 g/mol. The molecular formula is C28H28N4O4S2. The van der Waals surface area contributed by atoms with Gasteiger partial charge in [-0.3, -0.25) is 9.36 Å². The summed E-state index contributed by atoms with van der Waals surface area (Å²) in [6.07, 6.45) is 1.38. The number of thiophene rings is 1. The van der Waals surface area contributed by atoms with Gasteiger partial charge in [-0.1, -0.05) is 65.9 Å².